The molecule has 0 aliphatic carbocycles. The number of aliphatic hydroxyl groups excluding tert-OH is 1. The van der Waals surface area contributed by atoms with Gasteiger partial charge in [0.25, 0.3) is 7.82 Å². The van der Waals surface area contributed by atoms with Gasteiger partial charge in [0, 0.05) is 6.42 Å². The molecule has 0 saturated heterocycles. The number of hydrogen-bond donors (Lipinski definition) is 2. The van der Waals surface area contributed by atoms with Crippen molar-refractivity contribution in [3.8, 4) is 0 Å². The summed E-state index contributed by atoms with van der Waals surface area (Å²) in [5.41, 5.74) is 0. The standard InChI is InChI=1S/C42H77N2O6P/c1-6-8-10-12-14-16-18-19-20-21-22-23-24-25-26-28-30-32-34-36-42(46)43-40(39-50-51(47,48)49-38-37-44(3,4)5)41(45)35-33-31-29-27-17-15-13-11-9-7-2/h9,11,14,16-17,19-20,27,33,35,40-41,45H,6-8,10,12-13,15,18,21-26,28-32,34,36-39H2,1-5H3,(H-,43,46,47,48)/b11-9+,16-14-,20-19-,27-17+,35-33+. The van der Waals surface area contributed by atoms with Crippen LogP contribution in [0.5, 0.6) is 0 Å². The Labute approximate surface area is 313 Å². The van der Waals surface area contributed by atoms with Gasteiger partial charge in [-0.2, -0.15) is 0 Å². The van der Waals surface area contributed by atoms with Crippen LogP contribution in [0, 0.1) is 0 Å². The minimum atomic E-state index is -4.59. The van der Waals surface area contributed by atoms with Gasteiger partial charge in [0.1, 0.15) is 13.2 Å². The van der Waals surface area contributed by atoms with Crippen molar-refractivity contribution < 1.29 is 32.9 Å². The zero-order chi connectivity index (χ0) is 37.9. The van der Waals surface area contributed by atoms with E-state index in [9.17, 15) is 19.4 Å². The topological polar surface area (TPSA) is 108 Å². The molecule has 0 bridgehead atoms. The largest absolute Gasteiger partial charge is 0.756 e. The Bertz CT molecular complexity index is 1020. The van der Waals surface area contributed by atoms with Gasteiger partial charge in [0.05, 0.1) is 39.9 Å². The second-order valence-corrected chi connectivity index (χ2v) is 16.0. The Kier molecular flexibility index (Phi) is 32.8. The summed E-state index contributed by atoms with van der Waals surface area (Å²) in [5.74, 6) is -0.222. The number of carbonyl (C=O) groups excluding carboxylic acids is 1. The van der Waals surface area contributed by atoms with E-state index in [1.165, 1.54) is 70.6 Å². The molecule has 8 nitrogen and oxygen atoms in total. The van der Waals surface area contributed by atoms with E-state index in [0.717, 1.165) is 57.8 Å². The SMILES string of the molecule is CC/C=C/CC/C=C/CC/C=C/C(O)C(COP(=O)([O-])OCC[N+](C)(C)C)NC(=O)CCCCCCCCCCC/C=C\C/C=C\CCCCC. The van der Waals surface area contributed by atoms with Crippen molar-refractivity contribution in [3.63, 3.8) is 0 Å². The summed E-state index contributed by atoms with van der Waals surface area (Å²) < 4.78 is 23.1. The molecule has 0 aromatic carbocycles. The van der Waals surface area contributed by atoms with Gasteiger partial charge in [-0.15, -0.1) is 0 Å². The summed E-state index contributed by atoms with van der Waals surface area (Å²) in [6.07, 6.45) is 42.8. The van der Waals surface area contributed by atoms with E-state index in [-0.39, 0.29) is 12.5 Å². The summed E-state index contributed by atoms with van der Waals surface area (Å²) in [5, 5.41) is 13.6. The van der Waals surface area contributed by atoms with Gasteiger partial charge in [0.2, 0.25) is 5.91 Å². The number of phosphoric ester groups is 1. The molecule has 296 valence electrons. The van der Waals surface area contributed by atoms with E-state index in [2.05, 4.69) is 67.8 Å². The Morgan fingerprint density at radius 1 is 0.706 bits per heavy atom. The molecule has 0 aliphatic heterocycles. The van der Waals surface area contributed by atoms with Gasteiger partial charge < -0.3 is 28.8 Å². The number of allylic oxidation sites excluding steroid dienone is 9. The molecule has 0 heterocycles. The fourth-order valence-corrected chi connectivity index (χ4v) is 5.94. The molecule has 3 atom stereocenters. The van der Waals surface area contributed by atoms with E-state index in [0.29, 0.717) is 17.4 Å². The van der Waals surface area contributed by atoms with Crippen molar-refractivity contribution in [2.75, 3.05) is 40.9 Å². The van der Waals surface area contributed by atoms with Crippen molar-refractivity contribution >= 4 is 13.7 Å². The van der Waals surface area contributed by atoms with Gasteiger partial charge >= 0.3 is 0 Å². The van der Waals surface area contributed by atoms with Crippen LogP contribution in [-0.2, 0) is 18.4 Å². The molecule has 0 fully saturated rings. The minimum Gasteiger partial charge on any atom is -0.756 e. The number of carbonyl (C=O) groups is 1. The number of aliphatic hydroxyl groups is 1. The number of unbranched alkanes of at least 4 members (excludes halogenated alkanes) is 14. The highest BCUT2D eigenvalue weighted by Crippen LogP contribution is 2.38. The average molecular weight is 737 g/mol. The van der Waals surface area contributed by atoms with Crippen LogP contribution in [-0.4, -0.2) is 68.5 Å². The lowest BCUT2D eigenvalue weighted by atomic mass is 10.1. The molecule has 0 radical (unpaired) electrons. The van der Waals surface area contributed by atoms with Crippen LogP contribution in [0.1, 0.15) is 149 Å². The first kappa shape index (κ1) is 49.2. The van der Waals surface area contributed by atoms with Crippen LogP contribution in [0.2, 0.25) is 0 Å². The first-order valence-electron chi connectivity index (χ1n) is 20.2. The fraction of sp³-hybridized carbons (Fsp3) is 0.738. The van der Waals surface area contributed by atoms with Gasteiger partial charge in [-0.3, -0.25) is 9.36 Å². The number of likely N-dealkylation sites (N-methyl/N-ethyl adjacent to an activating group) is 1. The van der Waals surface area contributed by atoms with E-state index in [1.807, 2.05) is 27.2 Å². The molecule has 0 spiro atoms. The molecule has 9 heteroatoms. The Morgan fingerprint density at radius 3 is 1.78 bits per heavy atom. The number of nitrogens with zero attached hydrogens (tertiary/aromatic N) is 1. The van der Waals surface area contributed by atoms with Crippen LogP contribution in [0.3, 0.4) is 0 Å². The summed E-state index contributed by atoms with van der Waals surface area (Å²) in [6, 6.07) is -0.911. The Morgan fingerprint density at radius 2 is 1.22 bits per heavy atom. The van der Waals surface area contributed by atoms with Crippen LogP contribution in [0.25, 0.3) is 0 Å². The molecule has 2 N–H and O–H groups in total. The molecule has 0 aliphatic rings. The normalized spacial score (nSPS) is 15.2. The smallest absolute Gasteiger partial charge is 0.268 e. The van der Waals surface area contributed by atoms with Crippen molar-refractivity contribution in [2.45, 2.75) is 161 Å². The first-order chi connectivity index (χ1) is 24.5. The highest BCUT2D eigenvalue weighted by atomic mass is 31.2. The third-order valence-corrected chi connectivity index (χ3v) is 9.40. The van der Waals surface area contributed by atoms with Gasteiger partial charge in [-0.1, -0.05) is 132 Å². The second-order valence-electron chi connectivity index (χ2n) is 14.6. The van der Waals surface area contributed by atoms with E-state index >= 15 is 0 Å². The third kappa shape index (κ3) is 36.4. The predicted octanol–water partition coefficient (Wildman–Crippen LogP) is 10.1. The van der Waals surface area contributed by atoms with Crippen molar-refractivity contribution in [1.82, 2.24) is 5.32 Å². The first-order valence-corrected chi connectivity index (χ1v) is 21.6. The van der Waals surface area contributed by atoms with E-state index < -0.39 is 26.6 Å². The molecule has 0 aromatic rings. The molecule has 1 amide bonds. The summed E-state index contributed by atoms with van der Waals surface area (Å²) in [4.78, 5) is 25.2. The lowest BCUT2D eigenvalue weighted by Crippen LogP contribution is -2.45. The number of nitrogens with one attached hydrogen (secondary N) is 1. The van der Waals surface area contributed by atoms with Crippen LogP contribution >= 0.6 is 7.82 Å². The average Bonchev–Trinajstić information content (AvgIpc) is 3.07. The zero-order valence-electron chi connectivity index (χ0n) is 33.3. The maximum atomic E-state index is 12.8. The highest BCUT2D eigenvalue weighted by Gasteiger charge is 2.23. The van der Waals surface area contributed by atoms with Crippen LogP contribution < -0.4 is 10.2 Å². The van der Waals surface area contributed by atoms with Crippen LogP contribution in [0.4, 0.5) is 0 Å². The molecular weight excluding hydrogens is 659 g/mol. The second kappa shape index (κ2) is 34.0. The molecule has 0 aromatic heterocycles. The Hall–Kier alpha value is -1.80. The molecular formula is C42H77N2O6P. The summed E-state index contributed by atoms with van der Waals surface area (Å²) in [7, 11) is 1.22. The van der Waals surface area contributed by atoms with Crippen molar-refractivity contribution in [1.29, 1.82) is 0 Å². The highest BCUT2D eigenvalue weighted by molar-refractivity contribution is 7.45. The van der Waals surface area contributed by atoms with Gasteiger partial charge in [0.15, 0.2) is 0 Å². The van der Waals surface area contributed by atoms with Crippen LogP contribution in [0.15, 0.2) is 60.8 Å². The van der Waals surface area contributed by atoms with Crippen molar-refractivity contribution in [2.24, 2.45) is 0 Å². The van der Waals surface area contributed by atoms with Crippen molar-refractivity contribution in [3.05, 3.63) is 60.8 Å². The fourth-order valence-electron chi connectivity index (χ4n) is 5.22. The molecule has 51 heavy (non-hydrogen) atoms. The third-order valence-electron chi connectivity index (χ3n) is 8.44. The maximum absolute atomic E-state index is 12.8. The number of hydrogen-bond acceptors (Lipinski definition) is 6. The van der Waals surface area contributed by atoms with Gasteiger partial charge in [-0.05, 0) is 70.6 Å². The van der Waals surface area contributed by atoms with E-state index in [1.54, 1.807) is 6.08 Å². The number of amides is 1. The number of quaternary nitrogens is 1. The number of rotatable bonds is 35. The lowest BCUT2D eigenvalue weighted by Gasteiger charge is -2.29. The monoisotopic (exact) mass is 737 g/mol. The predicted molar refractivity (Wildman–Crippen MR) is 214 cm³/mol. The zero-order valence-corrected chi connectivity index (χ0v) is 34.2. The lowest BCUT2D eigenvalue weighted by molar-refractivity contribution is -0.870. The minimum absolute atomic E-state index is 0.0126. The Balaban J connectivity index is 4.44. The van der Waals surface area contributed by atoms with Gasteiger partial charge in [-0.25, -0.2) is 0 Å². The summed E-state index contributed by atoms with van der Waals surface area (Å²) in [6.45, 7) is 4.43. The van der Waals surface area contributed by atoms with E-state index in [4.69, 9.17) is 9.05 Å². The number of phosphoric acid groups is 1. The quantitative estimate of drug-likeness (QED) is 0.0290. The molecule has 0 saturated carbocycles. The molecule has 0 rings (SSSR count). The summed E-state index contributed by atoms with van der Waals surface area (Å²) >= 11 is 0. The molecule has 3 unspecified atom stereocenters. The maximum Gasteiger partial charge on any atom is 0.268 e.